The summed E-state index contributed by atoms with van der Waals surface area (Å²) in [5.41, 5.74) is 8.04. The van der Waals surface area contributed by atoms with Crippen LogP contribution in [0.4, 0.5) is 0 Å². The van der Waals surface area contributed by atoms with Crippen molar-refractivity contribution in [2.24, 2.45) is 5.11 Å². The van der Waals surface area contributed by atoms with E-state index in [-0.39, 0.29) is 25.5 Å². The molecule has 0 aliphatic heterocycles. The average molecular weight is 291 g/mol. The number of esters is 1. The second-order valence-electron chi connectivity index (χ2n) is 3.69. The second kappa shape index (κ2) is 14.0. The van der Waals surface area contributed by atoms with Crippen molar-refractivity contribution in [2.45, 2.75) is 12.5 Å². The number of aliphatic hydroxyl groups is 1. The highest BCUT2D eigenvalue weighted by Gasteiger charge is 2.02. The van der Waals surface area contributed by atoms with Crippen molar-refractivity contribution in [1.82, 2.24) is 0 Å². The molecule has 0 saturated carbocycles. The Hall–Kier alpha value is -1.38. The van der Waals surface area contributed by atoms with E-state index in [1.165, 1.54) is 7.11 Å². The highest BCUT2D eigenvalue weighted by Crippen LogP contribution is 1.89. The van der Waals surface area contributed by atoms with Gasteiger partial charge in [-0.25, -0.2) is 0 Å². The standard InChI is InChI=1S/C11H21N3O6/c1-17-11(16)2-3-18-4-5-19-6-7-20-9-10(15)8-13-14-12/h10,15H,2-9H2,1H3. The van der Waals surface area contributed by atoms with Crippen LogP contribution in [0.1, 0.15) is 6.42 Å². The molecule has 0 radical (unpaired) electrons. The summed E-state index contributed by atoms with van der Waals surface area (Å²) in [6.07, 6.45) is -0.574. The van der Waals surface area contributed by atoms with Gasteiger partial charge in [-0.2, -0.15) is 0 Å². The molecule has 20 heavy (non-hydrogen) atoms. The van der Waals surface area contributed by atoms with Crippen molar-refractivity contribution in [3.05, 3.63) is 10.4 Å². The van der Waals surface area contributed by atoms with E-state index in [4.69, 9.17) is 19.7 Å². The SMILES string of the molecule is COC(=O)CCOCCOCCOCC(O)CN=[N+]=[N-]. The number of rotatable bonds is 13. The lowest BCUT2D eigenvalue weighted by Gasteiger charge is -2.09. The number of aliphatic hydroxyl groups excluding tert-OH is 1. The van der Waals surface area contributed by atoms with E-state index >= 15 is 0 Å². The molecule has 0 saturated heterocycles. The van der Waals surface area contributed by atoms with Gasteiger partial charge in [-0.1, -0.05) is 5.11 Å². The lowest BCUT2D eigenvalue weighted by atomic mass is 10.4. The maximum atomic E-state index is 10.7. The molecule has 0 amide bonds. The molecular formula is C11H21N3O6. The zero-order valence-corrected chi connectivity index (χ0v) is 11.6. The van der Waals surface area contributed by atoms with Gasteiger partial charge in [0.1, 0.15) is 0 Å². The summed E-state index contributed by atoms with van der Waals surface area (Å²) in [5, 5.41) is 12.5. The molecule has 0 aromatic rings. The van der Waals surface area contributed by atoms with Gasteiger partial charge in [0.15, 0.2) is 0 Å². The Morgan fingerprint density at radius 3 is 2.40 bits per heavy atom. The van der Waals surface area contributed by atoms with Crippen LogP contribution in [-0.4, -0.2) is 70.5 Å². The lowest BCUT2D eigenvalue weighted by molar-refractivity contribution is -0.141. The predicted octanol–water partition coefficient (Wildman–Crippen LogP) is 0.271. The van der Waals surface area contributed by atoms with Crippen LogP contribution in [0.3, 0.4) is 0 Å². The number of carbonyl (C=O) groups excluding carboxylic acids is 1. The number of ether oxygens (including phenoxy) is 4. The van der Waals surface area contributed by atoms with Crippen LogP contribution in [0.2, 0.25) is 0 Å². The molecule has 9 heteroatoms. The summed E-state index contributed by atoms with van der Waals surface area (Å²) < 4.78 is 19.9. The smallest absolute Gasteiger partial charge is 0.307 e. The molecule has 9 nitrogen and oxygen atoms in total. The van der Waals surface area contributed by atoms with Gasteiger partial charge in [0.25, 0.3) is 0 Å². The Morgan fingerprint density at radius 1 is 1.20 bits per heavy atom. The minimum Gasteiger partial charge on any atom is -0.469 e. The zero-order valence-electron chi connectivity index (χ0n) is 11.6. The molecule has 0 heterocycles. The number of carbonyl (C=O) groups is 1. The second-order valence-corrected chi connectivity index (χ2v) is 3.69. The summed E-state index contributed by atoms with van der Waals surface area (Å²) in [7, 11) is 1.33. The van der Waals surface area contributed by atoms with Gasteiger partial charge < -0.3 is 24.1 Å². The summed E-state index contributed by atoms with van der Waals surface area (Å²) in [4.78, 5) is 13.3. The molecule has 0 spiro atoms. The van der Waals surface area contributed by atoms with Gasteiger partial charge >= 0.3 is 5.97 Å². The van der Waals surface area contributed by atoms with Crippen LogP contribution in [0.5, 0.6) is 0 Å². The van der Waals surface area contributed by atoms with E-state index in [0.717, 1.165) is 0 Å². The summed E-state index contributed by atoms with van der Waals surface area (Å²) >= 11 is 0. The fourth-order valence-electron chi connectivity index (χ4n) is 1.10. The highest BCUT2D eigenvalue weighted by molar-refractivity contribution is 5.69. The van der Waals surface area contributed by atoms with Crippen LogP contribution < -0.4 is 0 Å². The lowest BCUT2D eigenvalue weighted by Crippen LogP contribution is -2.20. The van der Waals surface area contributed by atoms with Gasteiger partial charge in [0.05, 0.1) is 65.8 Å². The monoisotopic (exact) mass is 291 g/mol. The van der Waals surface area contributed by atoms with Crippen molar-refractivity contribution in [1.29, 1.82) is 0 Å². The summed E-state index contributed by atoms with van der Waals surface area (Å²) in [5.74, 6) is -0.307. The minimum atomic E-state index is -0.799. The van der Waals surface area contributed by atoms with Crippen LogP contribution >= 0.6 is 0 Å². The van der Waals surface area contributed by atoms with Crippen molar-refractivity contribution in [3.63, 3.8) is 0 Å². The quantitative estimate of drug-likeness (QED) is 0.171. The number of methoxy groups -OCH3 is 1. The van der Waals surface area contributed by atoms with Crippen LogP contribution in [0.15, 0.2) is 5.11 Å². The van der Waals surface area contributed by atoms with Crippen molar-refractivity contribution < 1.29 is 28.8 Å². The van der Waals surface area contributed by atoms with Gasteiger partial charge in [-0.15, -0.1) is 0 Å². The predicted molar refractivity (Wildman–Crippen MR) is 69.1 cm³/mol. The maximum absolute atomic E-state index is 10.7. The third-order valence-electron chi connectivity index (χ3n) is 2.09. The van der Waals surface area contributed by atoms with E-state index in [1.807, 2.05) is 0 Å². The molecule has 0 aromatic carbocycles. The fraction of sp³-hybridized carbons (Fsp3) is 0.909. The summed E-state index contributed by atoms with van der Waals surface area (Å²) in [6, 6.07) is 0. The average Bonchev–Trinajstić information content (AvgIpc) is 2.46. The Labute approximate surface area is 117 Å². The Morgan fingerprint density at radius 2 is 1.80 bits per heavy atom. The van der Waals surface area contributed by atoms with Crippen LogP contribution in [-0.2, 0) is 23.7 Å². The Kier molecular flexibility index (Phi) is 13.1. The molecule has 0 rings (SSSR count). The third kappa shape index (κ3) is 13.1. The molecule has 0 aromatic heterocycles. The number of nitrogens with zero attached hydrogens (tertiary/aromatic N) is 3. The highest BCUT2D eigenvalue weighted by atomic mass is 16.5. The Balaban J connectivity index is 3.17. The molecule has 0 bridgehead atoms. The number of hydrogen-bond donors (Lipinski definition) is 1. The minimum absolute atomic E-state index is 0.00854. The van der Waals surface area contributed by atoms with Gasteiger partial charge in [-0.05, 0) is 5.53 Å². The molecule has 0 aliphatic carbocycles. The van der Waals surface area contributed by atoms with E-state index < -0.39 is 6.10 Å². The van der Waals surface area contributed by atoms with Crippen molar-refractivity contribution in [2.75, 3.05) is 53.3 Å². The fourth-order valence-corrected chi connectivity index (χ4v) is 1.10. The number of azide groups is 1. The van der Waals surface area contributed by atoms with Crippen LogP contribution in [0, 0.1) is 0 Å². The van der Waals surface area contributed by atoms with E-state index in [9.17, 15) is 9.90 Å². The molecule has 1 unspecified atom stereocenters. The topological polar surface area (TPSA) is 123 Å². The van der Waals surface area contributed by atoms with Gasteiger partial charge in [0.2, 0.25) is 0 Å². The van der Waals surface area contributed by atoms with E-state index in [1.54, 1.807) is 0 Å². The zero-order chi connectivity index (χ0) is 15.1. The number of hydrogen-bond acceptors (Lipinski definition) is 7. The van der Waals surface area contributed by atoms with Crippen molar-refractivity contribution in [3.8, 4) is 0 Å². The third-order valence-corrected chi connectivity index (χ3v) is 2.09. The van der Waals surface area contributed by atoms with Gasteiger partial charge in [0, 0.05) is 4.91 Å². The van der Waals surface area contributed by atoms with E-state index in [2.05, 4.69) is 14.8 Å². The molecular weight excluding hydrogens is 270 g/mol. The molecule has 0 aliphatic rings. The van der Waals surface area contributed by atoms with E-state index in [0.29, 0.717) is 33.0 Å². The Bertz CT molecular complexity index is 296. The first-order valence-corrected chi connectivity index (χ1v) is 6.19. The van der Waals surface area contributed by atoms with Crippen molar-refractivity contribution >= 4 is 5.97 Å². The first-order chi connectivity index (χ1) is 9.70. The maximum Gasteiger partial charge on any atom is 0.307 e. The first-order valence-electron chi connectivity index (χ1n) is 6.19. The summed E-state index contributed by atoms with van der Waals surface area (Å²) in [6.45, 7) is 1.87. The van der Waals surface area contributed by atoms with Gasteiger partial charge in [-0.3, -0.25) is 4.79 Å². The molecule has 0 fully saturated rings. The normalized spacial score (nSPS) is 11.7. The van der Waals surface area contributed by atoms with Crippen LogP contribution in [0.25, 0.3) is 10.4 Å². The molecule has 1 N–H and O–H groups in total. The molecule has 116 valence electrons. The first kappa shape index (κ1) is 18.6. The largest absolute Gasteiger partial charge is 0.469 e. The molecule has 1 atom stereocenters.